The first-order valence-electron chi connectivity index (χ1n) is 27.1. The lowest BCUT2D eigenvalue weighted by atomic mass is 9.71. The van der Waals surface area contributed by atoms with Crippen molar-refractivity contribution in [2.24, 2.45) is 23.7 Å². The molecule has 20 atom stereocenters. The van der Waals surface area contributed by atoms with E-state index in [1.165, 1.54) is 32.4 Å². The lowest BCUT2D eigenvalue weighted by Gasteiger charge is -2.48. The Labute approximate surface area is 451 Å². The Bertz CT molecular complexity index is 2390. The molecular formula is C57H80N2O18. The quantitative estimate of drug-likeness (QED) is 0.0954. The van der Waals surface area contributed by atoms with Crippen LogP contribution < -0.4 is 20.3 Å². The molecule has 4 fully saturated rings. The Morgan fingerprint density at radius 2 is 1.55 bits per heavy atom. The molecule has 1 aromatic carbocycles. The molecule has 426 valence electrons. The molecule has 0 saturated carbocycles. The fraction of sp³-hybridized carbons (Fsp3) is 0.667. The van der Waals surface area contributed by atoms with Gasteiger partial charge in [-0.25, -0.2) is 9.59 Å². The highest BCUT2D eigenvalue weighted by Gasteiger charge is 2.60. The minimum absolute atomic E-state index is 0.00202. The Kier molecular flexibility index (Phi) is 19.2. The molecule has 1 unspecified atom stereocenters. The number of methoxy groups -OCH3 is 2. The minimum Gasteiger partial charge on any atom is -0.462 e. The maximum Gasteiger partial charge on any atom is 0.436 e. The van der Waals surface area contributed by atoms with Gasteiger partial charge in [0, 0.05) is 64.9 Å². The number of rotatable bonds is 12. The SMILES string of the molecule is CC[C@H](C)[C@H]1O[C@]2(C=C[C@@H]1C)CC1C[C@@H](C/C=C(\C)[C@@H](O[C@H]3C[C@H](OC)[C@@H](O[C@H]4C[C@H](OC)[C@@H](ONC(=O)Oc5cccc(OC(=O)NC)c5)[C@H](C)O4)[C@H](C)O3)[C@@H](C)/C=C/C=C3\CO[C@@H]4[C@H](O)C(C)=C[C@@H](C(=O)O1)[C@]34O)O2. The normalized spacial score (nSPS) is 41.5. The molecule has 20 heteroatoms. The van der Waals surface area contributed by atoms with Gasteiger partial charge in [0.15, 0.2) is 18.4 Å². The van der Waals surface area contributed by atoms with Crippen LogP contribution in [-0.2, 0) is 57.0 Å². The molecule has 4 N–H and O–H groups in total. The summed E-state index contributed by atoms with van der Waals surface area (Å²) in [6.07, 6.45) is 5.47. The molecule has 4 saturated heterocycles. The van der Waals surface area contributed by atoms with Gasteiger partial charge in [-0.15, -0.1) is 0 Å². The third-order valence-electron chi connectivity index (χ3n) is 16.2. The molecule has 1 aliphatic carbocycles. The number of amides is 2. The number of hydroxylamine groups is 1. The van der Waals surface area contributed by atoms with Crippen LogP contribution >= 0.6 is 0 Å². The number of ether oxygens (including phenoxy) is 12. The molecule has 1 spiro atoms. The third-order valence-corrected chi connectivity index (χ3v) is 16.2. The number of carbonyl (C=O) groups is 3. The molecule has 2 amide bonds. The van der Waals surface area contributed by atoms with Crippen molar-refractivity contribution in [3.8, 4) is 11.5 Å². The molecular weight excluding hydrogens is 1000 g/mol. The Balaban J connectivity index is 0.969. The number of allylic oxidation sites excluding steroid dienone is 2. The number of esters is 1. The molecule has 6 heterocycles. The number of nitrogens with one attached hydrogen (secondary N) is 2. The lowest BCUT2D eigenvalue weighted by molar-refractivity contribution is -0.323. The summed E-state index contributed by atoms with van der Waals surface area (Å²) < 4.78 is 75.2. The van der Waals surface area contributed by atoms with Crippen molar-refractivity contribution in [2.75, 3.05) is 27.9 Å². The second-order valence-electron chi connectivity index (χ2n) is 21.7. The highest BCUT2D eigenvalue weighted by molar-refractivity contribution is 5.78. The van der Waals surface area contributed by atoms with E-state index in [4.69, 9.17) is 61.7 Å². The summed E-state index contributed by atoms with van der Waals surface area (Å²) in [5.74, 6) is -2.47. The first kappa shape index (κ1) is 58.6. The predicted molar refractivity (Wildman–Crippen MR) is 277 cm³/mol. The van der Waals surface area contributed by atoms with E-state index in [1.54, 1.807) is 39.2 Å². The predicted octanol–water partition coefficient (Wildman–Crippen LogP) is 6.82. The summed E-state index contributed by atoms with van der Waals surface area (Å²) >= 11 is 0. The van der Waals surface area contributed by atoms with E-state index in [2.05, 4.69) is 43.7 Å². The van der Waals surface area contributed by atoms with E-state index < -0.39 is 115 Å². The fourth-order valence-corrected chi connectivity index (χ4v) is 11.7. The van der Waals surface area contributed by atoms with Gasteiger partial charge in [0.25, 0.3) is 0 Å². The molecule has 77 heavy (non-hydrogen) atoms. The van der Waals surface area contributed by atoms with Crippen molar-refractivity contribution in [3.63, 3.8) is 0 Å². The molecule has 2 bridgehead atoms. The summed E-state index contributed by atoms with van der Waals surface area (Å²) in [5.41, 5.74) is 2.32. The van der Waals surface area contributed by atoms with E-state index >= 15 is 0 Å². The van der Waals surface area contributed by atoms with E-state index in [0.29, 0.717) is 30.4 Å². The van der Waals surface area contributed by atoms with E-state index in [9.17, 15) is 24.6 Å². The van der Waals surface area contributed by atoms with E-state index in [-0.39, 0.29) is 54.8 Å². The zero-order valence-corrected chi connectivity index (χ0v) is 46.1. The molecule has 20 nitrogen and oxygen atoms in total. The number of hydrogen-bond acceptors (Lipinski definition) is 18. The van der Waals surface area contributed by atoms with Gasteiger partial charge in [-0.05, 0) is 75.0 Å². The fourth-order valence-electron chi connectivity index (χ4n) is 11.7. The Morgan fingerprint density at radius 3 is 2.23 bits per heavy atom. The van der Waals surface area contributed by atoms with Crippen molar-refractivity contribution >= 4 is 18.2 Å². The highest BCUT2D eigenvalue weighted by atomic mass is 16.8. The van der Waals surface area contributed by atoms with Gasteiger partial charge in [0.1, 0.15) is 53.5 Å². The maximum absolute atomic E-state index is 14.4. The second kappa shape index (κ2) is 25.3. The van der Waals surface area contributed by atoms with Crippen molar-refractivity contribution in [1.82, 2.24) is 10.8 Å². The van der Waals surface area contributed by atoms with Gasteiger partial charge in [-0.1, -0.05) is 76.6 Å². The number of fused-ring (bicyclic) bond motifs is 2. The van der Waals surface area contributed by atoms with Gasteiger partial charge >= 0.3 is 18.2 Å². The Morgan fingerprint density at radius 1 is 0.870 bits per heavy atom. The van der Waals surface area contributed by atoms with Gasteiger partial charge < -0.3 is 72.4 Å². The first-order valence-corrected chi connectivity index (χ1v) is 27.1. The average molecular weight is 1080 g/mol. The second-order valence-corrected chi connectivity index (χ2v) is 21.7. The molecule has 0 aromatic heterocycles. The van der Waals surface area contributed by atoms with Crippen LogP contribution in [0.15, 0.2) is 83.5 Å². The van der Waals surface area contributed by atoms with E-state index in [0.717, 1.165) is 12.0 Å². The maximum atomic E-state index is 14.4. The summed E-state index contributed by atoms with van der Waals surface area (Å²) in [5, 5.41) is 26.2. The zero-order valence-electron chi connectivity index (χ0n) is 46.1. The van der Waals surface area contributed by atoms with Gasteiger partial charge in [-0.2, -0.15) is 5.48 Å². The topological polar surface area (TPSA) is 236 Å². The van der Waals surface area contributed by atoms with Gasteiger partial charge in [0.05, 0.1) is 49.3 Å². The molecule has 6 aliphatic heterocycles. The minimum atomic E-state index is -1.87. The smallest absolute Gasteiger partial charge is 0.436 e. The van der Waals surface area contributed by atoms with Crippen LogP contribution in [0.1, 0.15) is 93.9 Å². The summed E-state index contributed by atoms with van der Waals surface area (Å²) in [6.45, 7) is 15.9. The number of carbonyl (C=O) groups excluding carboxylic acids is 3. The van der Waals surface area contributed by atoms with Crippen LogP contribution in [0.5, 0.6) is 11.5 Å². The van der Waals surface area contributed by atoms with Crippen molar-refractivity contribution in [1.29, 1.82) is 0 Å². The monoisotopic (exact) mass is 1080 g/mol. The van der Waals surface area contributed by atoms with Crippen molar-refractivity contribution < 1.29 is 86.3 Å². The summed E-state index contributed by atoms with van der Waals surface area (Å²) in [7, 11) is 4.58. The van der Waals surface area contributed by atoms with E-state index in [1.807, 2.05) is 39.0 Å². The standard InChI is InChI=1S/C57H80N2O18/c1-12-30(2)49-33(5)21-22-56(76-49)28-41-25-40(75-56)20-19-32(4)48(31(3)15-13-16-37-29-67-52-47(60)34(6)23-42(53(61)70-41)57(37,52)64)73-45-26-43(65-10)50(35(7)68-45)74-46-27-44(66-11)51(36(8)69-46)77-59-55(63)72-39-18-14-17-38(24-39)71-54(62)58-9/h13-19,21-24,30-31,33,35-36,40-52,60,64H,12,20,25-29H2,1-11H3,(H,58,62)(H,59,63)/b15-13+,32-19+,37-16+/t30-,31-,33-,35-,36-,40+,41?,42-,43-,44-,45-,46-,47+,48-,49+,50-,51-,52+,56+,57+/m0/s1. The van der Waals surface area contributed by atoms with Crippen LogP contribution in [0.25, 0.3) is 0 Å². The molecule has 8 rings (SSSR count). The number of benzene rings is 1. The van der Waals surface area contributed by atoms with Crippen LogP contribution in [0.3, 0.4) is 0 Å². The Hall–Kier alpha value is -4.55. The lowest BCUT2D eigenvalue weighted by Crippen LogP contribution is -2.58. The van der Waals surface area contributed by atoms with Gasteiger partial charge in [0.2, 0.25) is 0 Å². The molecule has 1 aromatic rings. The third kappa shape index (κ3) is 13.2. The van der Waals surface area contributed by atoms with Crippen LogP contribution in [0.4, 0.5) is 9.59 Å². The summed E-state index contributed by atoms with van der Waals surface area (Å²) in [4.78, 5) is 44.6. The van der Waals surface area contributed by atoms with Crippen LogP contribution in [-0.4, -0.2) is 153 Å². The number of aliphatic hydroxyl groups is 2. The zero-order chi connectivity index (χ0) is 55.3. The molecule has 7 aliphatic rings. The van der Waals surface area contributed by atoms with Crippen LogP contribution in [0.2, 0.25) is 0 Å². The summed E-state index contributed by atoms with van der Waals surface area (Å²) in [6, 6.07) is 6.01. The van der Waals surface area contributed by atoms with Crippen LogP contribution in [0, 0.1) is 23.7 Å². The van der Waals surface area contributed by atoms with Crippen molar-refractivity contribution in [2.45, 2.75) is 191 Å². The van der Waals surface area contributed by atoms with Gasteiger partial charge in [-0.3, -0.25) is 9.63 Å². The van der Waals surface area contributed by atoms with Crippen molar-refractivity contribution in [3.05, 3.63) is 83.5 Å². The number of aliphatic hydroxyl groups excluding tert-OH is 1. The first-order chi connectivity index (χ1) is 36.8. The highest BCUT2D eigenvalue weighted by Crippen LogP contribution is 2.47. The molecule has 0 radical (unpaired) electrons. The number of hydrogen-bond donors (Lipinski definition) is 4. The largest absolute Gasteiger partial charge is 0.462 e. The average Bonchev–Trinajstić information content (AvgIpc) is 3.83.